The van der Waals surface area contributed by atoms with Gasteiger partial charge in [0.1, 0.15) is 12.7 Å². The number of aryl methyl sites for hydroxylation is 2. The zero-order chi connectivity index (χ0) is 36.9. The van der Waals surface area contributed by atoms with E-state index in [1.165, 1.54) is 57.1 Å². The summed E-state index contributed by atoms with van der Waals surface area (Å²) in [5.41, 5.74) is 0.658. The Hall–Kier alpha value is -4.30. The Balaban J connectivity index is 1.40. The van der Waals surface area contributed by atoms with E-state index in [2.05, 4.69) is 5.32 Å². The number of hydrogen-bond acceptors (Lipinski definition) is 12. The van der Waals surface area contributed by atoms with Crippen molar-refractivity contribution in [1.29, 1.82) is 0 Å². The first kappa shape index (κ1) is 37.9. The first-order chi connectivity index (χ1) is 24.2. The molecule has 274 valence electrons. The van der Waals surface area contributed by atoms with E-state index in [4.69, 9.17) is 14.2 Å². The van der Waals surface area contributed by atoms with E-state index in [9.17, 15) is 41.6 Å². The SMILES string of the molecule is Cc1ccc(S(=O)(=O)N2CCOCC2)cc1C(=O)NC(COC(=O)c1cc(S(=O)(=O)N2CCOCC2)ccc1C)C(O)c1ccc([N+](=O)[O-])cc1. The summed E-state index contributed by atoms with van der Waals surface area (Å²) in [7, 11) is -7.91. The molecule has 18 heteroatoms. The summed E-state index contributed by atoms with van der Waals surface area (Å²) in [5.74, 6) is -1.72. The van der Waals surface area contributed by atoms with Crippen molar-refractivity contribution in [2.24, 2.45) is 0 Å². The molecule has 2 unspecified atom stereocenters. The van der Waals surface area contributed by atoms with Gasteiger partial charge in [0.15, 0.2) is 0 Å². The number of nitro benzene ring substituents is 1. The Morgan fingerprint density at radius 1 is 0.824 bits per heavy atom. The molecule has 1 amide bonds. The second-order valence-corrected chi connectivity index (χ2v) is 15.8. The van der Waals surface area contributed by atoms with E-state index in [1.807, 2.05) is 0 Å². The van der Waals surface area contributed by atoms with Crippen LogP contribution in [0.15, 0.2) is 70.5 Å². The molecule has 0 bridgehead atoms. The van der Waals surface area contributed by atoms with Crippen LogP contribution in [0.4, 0.5) is 5.69 Å². The van der Waals surface area contributed by atoms with E-state index in [-0.39, 0.29) is 84.8 Å². The van der Waals surface area contributed by atoms with Crippen LogP contribution >= 0.6 is 0 Å². The highest BCUT2D eigenvalue weighted by Crippen LogP contribution is 2.25. The standard InChI is InChI=1S/C33H38N4O12S2/c1-22-3-9-26(50(43,44)35-11-15-47-16-12-35)19-28(22)32(39)34-30(31(38)24-5-7-25(8-6-24)37(41)42)21-49-33(40)29-20-27(10-4-23(29)2)51(45,46)36-13-17-48-18-14-36/h3-10,19-20,30-31,38H,11-18,21H2,1-2H3,(H,34,39). The zero-order valence-corrected chi connectivity index (χ0v) is 29.5. The molecule has 2 atom stereocenters. The minimum absolute atomic E-state index is 0.0200. The normalized spacial score (nSPS) is 17.3. The second-order valence-electron chi connectivity index (χ2n) is 12.0. The molecule has 2 N–H and O–H groups in total. The maximum absolute atomic E-state index is 13.7. The maximum atomic E-state index is 13.7. The number of amides is 1. The number of morpholine rings is 2. The fourth-order valence-corrected chi connectivity index (χ4v) is 8.46. The van der Waals surface area contributed by atoms with Gasteiger partial charge in [-0.1, -0.05) is 12.1 Å². The van der Waals surface area contributed by atoms with Crippen LogP contribution in [0.1, 0.15) is 43.5 Å². The predicted molar refractivity (Wildman–Crippen MR) is 181 cm³/mol. The van der Waals surface area contributed by atoms with Crippen LogP contribution in [0.2, 0.25) is 0 Å². The van der Waals surface area contributed by atoms with E-state index >= 15 is 0 Å². The highest BCUT2D eigenvalue weighted by Gasteiger charge is 2.31. The summed E-state index contributed by atoms with van der Waals surface area (Å²) in [5, 5.41) is 25.2. The lowest BCUT2D eigenvalue weighted by Crippen LogP contribution is -2.43. The van der Waals surface area contributed by atoms with Gasteiger partial charge in [-0.2, -0.15) is 8.61 Å². The number of aliphatic hydroxyl groups is 1. The molecule has 2 aliphatic rings. The highest BCUT2D eigenvalue weighted by atomic mass is 32.2. The molecule has 51 heavy (non-hydrogen) atoms. The Bertz CT molecular complexity index is 1990. The quantitative estimate of drug-likeness (QED) is 0.155. The summed E-state index contributed by atoms with van der Waals surface area (Å²) < 4.78 is 71.7. The molecule has 0 saturated carbocycles. The molecule has 3 aromatic carbocycles. The second kappa shape index (κ2) is 15.9. The number of aliphatic hydroxyl groups excluding tert-OH is 1. The lowest BCUT2D eigenvalue weighted by molar-refractivity contribution is -0.384. The van der Waals surface area contributed by atoms with Gasteiger partial charge in [-0.3, -0.25) is 14.9 Å². The van der Waals surface area contributed by atoms with Crippen LogP contribution in [0.3, 0.4) is 0 Å². The van der Waals surface area contributed by atoms with E-state index < -0.39 is 55.6 Å². The van der Waals surface area contributed by atoms with Gasteiger partial charge in [0.25, 0.3) is 11.6 Å². The third-order valence-corrected chi connectivity index (χ3v) is 12.4. The lowest BCUT2D eigenvalue weighted by Gasteiger charge is -2.27. The van der Waals surface area contributed by atoms with E-state index in [0.717, 1.165) is 12.1 Å². The van der Waals surface area contributed by atoms with Crippen LogP contribution in [-0.2, 0) is 34.3 Å². The third kappa shape index (κ3) is 8.61. The number of hydrogen-bond donors (Lipinski definition) is 2. The van der Waals surface area contributed by atoms with Gasteiger partial charge in [0, 0.05) is 43.9 Å². The zero-order valence-electron chi connectivity index (χ0n) is 27.9. The molecule has 3 aromatic rings. The largest absolute Gasteiger partial charge is 0.460 e. The molecule has 0 radical (unpaired) electrons. The highest BCUT2D eigenvalue weighted by molar-refractivity contribution is 7.89. The van der Waals surface area contributed by atoms with Gasteiger partial charge >= 0.3 is 5.97 Å². The molecule has 2 aliphatic heterocycles. The van der Waals surface area contributed by atoms with Gasteiger partial charge in [-0.05, 0) is 66.9 Å². The Morgan fingerprint density at radius 3 is 1.78 bits per heavy atom. The summed E-state index contributed by atoms with van der Waals surface area (Å²) in [6, 6.07) is 11.7. The average molecular weight is 747 g/mol. The number of carbonyl (C=O) groups is 2. The number of sulfonamides is 2. The van der Waals surface area contributed by atoms with Gasteiger partial charge in [-0.25, -0.2) is 21.6 Å². The smallest absolute Gasteiger partial charge is 0.338 e. The summed E-state index contributed by atoms with van der Waals surface area (Å²) in [6.45, 7) is 4.10. The number of nitro groups is 1. The van der Waals surface area contributed by atoms with Crippen molar-refractivity contribution in [2.45, 2.75) is 35.8 Å². The Morgan fingerprint density at radius 2 is 1.29 bits per heavy atom. The number of non-ortho nitro benzene ring substituents is 1. The number of esters is 1. The maximum Gasteiger partial charge on any atom is 0.338 e. The molecule has 2 heterocycles. The molecule has 0 aliphatic carbocycles. The average Bonchev–Trinajstić information content (AvgIpc) is 3.13. The molecular weight excluding hydrogens is 709 g/mol. The predicted octanol–water partition coefficient (Wildman–Crippen LogP) is 1.94. The summed E-state index contributed by atoms with van der Waals surface area (Å²) in [6.07, 6.45) is -1.56. The van der Waals surface area contributed by atoms with Gasteiger partial charge < -0.3 is 24.6 Å². The number of nitrogens with zero attached hydrogens (tertiary/aromatic N) is 3. The van der Waals surface area contributed by atoms with Crippen LogP contribution in [0.25, 0.3) is 0 Å². The first-order valence-corrected chi connectivity index (χ1v) is 18.9. The Kier molecular flexibility index (Phi) is 11.9. The van der Waals surface area contributed by atoms with Crippen molar-refractivity contribution in [3.8, 4) is 0 Å². The van der Waals surface area contributed by atoms with Crippen molar-refractivity contribution in [2.75, 3.05) is 59.2 Å². The van der Waals surface area contributed by atoms with Crippen molar-refractivity contribution in [1.82, 2.24) is 13.9 Å². The van der Waals surface area contributed by atoms with E-state index in [1.54, 1.807) is 13.8 Å². The van der Waals surface area contributed by atoms with Gasteiger partial charge in [0.05, 0.1) is 52.7 Å². The number of carbonyl (C=O) groups excluding carboxylic acids is 2. The van der Waals surface area contributed by atoms with Crippen LogP contribution in [0.5, 0.6) is 0 Å². The van der Waals surface area contributed by atoms with Gasteiger partial charge in [0.2, 0.25) is 20.0 Å². The summed E-state index contributed by atoms with van der Waals surface area (Å²) in [4.78, 5) is 37.5. The fourth-order valence-electron chi connectivity index (χ4n) is 5.59. The van der Waals surface area contributed by atoms with Gasteiger partial charge in [-0.15, -0.1) is 0 Å². The van der Waals surface area contributed by atoms with Crippen molar-refractivity contribution >= 4 is 37.6 Å². The van der Waals surface area contributed by atoms with Crippen LogP contribution in [-0.4, -0.2) is 113 Å². The van der Waals surface area contributed by atoms with Crippen LogP contribution in [0, 0.1) is 24.0 Å². The van der Waals surface area contributed by atoms with E-state index in [0.29, 0.717) is 11.1 Å². The van der Waals surface area contributed by atoms with Crippen molar-refractivity contribution in [3.05, 3.63) is 98.6 Å². The number of rotatable bonds is 12. The topological polar surface area (TPSA) is 212 Å². The van der Waals surface area contributed by atoms with Crippen molar-refractivity contribution in [3.63, 3.8) is 0 Å². The van der Waals surface area contributed by atoms with Crippen molar-refractivity contribution < 1.29 is 50.7 Å². The lowest BCUT2D eigenvalue weighted by atomic mass is 10.0. The minimum Gasteiger partial charge on any atom is -0.460 e. The monoisotopic (exact) mass is 746 g/mol. The molecule has 5 rings (SSSR count). The summed E-state index contributed by atoms with van der Waals surface area (Å²) >= 11 is 0. The molecule has 0 aromatic heterocycles. The molecular formula is C33H38N4O12S2. The number of nitrogens with one attached hydrogen (secondary N) is 1. The minimum atomic E-state index is -3.96. The third-order valence-electron chi connectivity index (χ3n) is 8.64. The van der Waals surface area contributed by atoms with Crippen LogP contribution < -0.4 is 5.32 Å². The number of ether oxygens (including phenoxy) is 3. The molecule has 2 saturated heterocycles. The molecule has 0 spiro atoms. The fraction of sp³-hybridized carbons (Fsp3) is 0.394. The number of benzene rings is 3. The molecule has 16 nitrogen and oxygen atoms in total. The Labute approximate surface area is 295 Å². The molecule has 2 fully saturated rings. The first-order valence-electron chi connectivity index (χ1n) is 16.0.